The number of nitrogens with two attached hydrogens (primary N) is 1. The molecule has 2 aliphatic heterocycles. The fourth-order valence-electron chi connectivity index (χ4n) is 4.19. The van der Waals surface area contributed by atoms with Crippen molar-refractivity contribution in [1.29, 1.82) is 0 Å². The number of hydrogen-bond donors (Lipinski definition) is 2. The molecule has 6 heteroatoms. The maximum Gasteiger partial charge on any atom is 0.227 e. The lowest BCUT2D eigenvalue weighted by atomic mass is 9.72. The summed E-state index contributed by atoms with van der Waals surface area (Å²) >= 11 is 0. The van der Waals surface area contributed by atoms with E-state index in [1.54, 1.807) is 0 Å². The van der Waals surface area contributed by atoms with Gasteiger partial charge < -0.3 is 20.5 Å². The van der Waals surface area contributed by atoms with Gasteiger partial charge in [-0.2, -0.15) is 0 Å². The van der Waals surface area contributed by atoms with Crippen molar-refractivity contribution in [2.45, 2.75) is 38.0 Å². The average Bonchev–Trinajstić information content (AvgIpc) is 2.67. The van der Waals surface area contributed by atoms with Crippen LogP contribution in [-0.2, 0) is 19.7 Å². The minimum Gasteiger partial charge on any atom is -0.381 e. The number of rotatable bonds is 5. The Hall–Kier alpha value is -1.14. The number of carbonyl (C=O) groups is 1. The molecular weight excluding hydrogens is 352 g/mol. The van der Waals surface area contributed by atoms with Gasteiger partial charge in [0.15, 0.2) is 0 Å². The predicted octanol–water partition coefficient (Wildman–Crippen LogP) is 2.34. The molecule has 0 saturated carbocycles. The van der Waals surface area contributed by atoms with Gasteiger partial charge in [-0.3, -0.25) is 4.79 Å². The Morgan fingerprint density at radius 2 is 1.65 bits per heavy atom. The van der Waals surface area contributed by atoms with E-state index in [0.29, 0.717) is 39.1 Å². The van der Waals surface area contributed by atoms with Crippen molar-refractivity contribution in [3.63, 3.8) is 0 Å². The van der Waals surface area contributed by atoms with Crippen LogP contribution in [0, 0.1) is 12.3 Å². The smallest absolute Gasteiger partial charge is 0.227 e. The second-order valence-corrected chi connectivity index (χ2v) is 7.49. The zero-order chi connectivity index (χ0) is 17.8. The number of aryl methyl sites for hydroxylation is 1. The maximum atomic E-state index is 13.0. The van der Waals surface area contributed by atoms with Crippen LogP contribution in [-0.4, -0.2) is 45.4 Å². The summed E-state index contributed by atoms with van der Waals surface area (Å²) in [5, 5.41) is 3.25. The average molecular weight is 383 g/mol. The quantitative estimate of drug-likeness (QED) is 0.819. The summed E-state index contributed by atoms with van der Waals surface area (Å²) in [6, 6.07) is 8.49. The highest BCUT2D eigenvalue weighted by atomic mass is 35.5. The topological polar surface area (TPSA) is 73.6 Å². The third-order valence-electron chi connectivity index (χ3n) is 6.08. The Morgan fingerprint density at radius 1 is 1.08 bits per heavy atom. The SMILES string of the molecule is Cc1ccccc1C1(CNC(=O)C2(CN)CCOCC2)CCOCC1.Cl. The first-order valence-electron chi connectivity index (χ1n) is 9.32. The van der Waals surface area contributed by atoms with Crippen LogP contribution in [0.25, 0.3) is 0 Å². The Balaban J connectivity index is 0.00000243. The summed E-state index contributed by atoms with van der Waals surface area (Å²) in [5.74, 6) is 0.0813. The van der Waals surface area contributed by atoms with Crippen LogP contribution >= 0.6 is 12.4 Å². The first-order valence-corrected chi connectivity index (χ1v) is 9.32. The van der Waals surface area contributed by atoms with Crippen molar-refractivity contribution >= 4 is 18.3 Å². The molecule has 2 aliphatic rings. The van der Waals surface area contributed by atoms with Crippen molar-refractivity contribution in [2.24, 2.45) is 11.1 Å². The van der Waals surface area contributed by atoms with Crippen molar-refractivity contribution in [3.05, 3.63) is 35.4 Å². The van der Waals surface area contributed by atoms with Gasteiger partial charge in [0.05, 0.1) is 5.41 Å². The molecule has 2 heterocycles. The normalized spacial score (nSPS) is 21.5. The minimum atomic E-state index is -0.476. The van der Waals surface area contributed by atoms with Gasteiger partial charge in [-0.1, -0.05) is 24.3 Å². The van der Waals surface area contributed by atoms with Crippen LogP contribution in [0.15, 0.2) is 24.3 Å². The molecule has 26 heavy (non-hydrogen) atoms. The Bertz CT molecular complexity index is 596. The second kappa shape index (κ2) is 9.18. The van der Waals surface area contributed by atoms with Crippen LogP contribution in [0.4, 0.5) is 0 Å². The molecular formula is C20H31ClN2O3. The minimum absolute atomic E-state index is 0. The summed E-state index contributed by atoms with van der Waals surface area (Å²) in [6.07, 6.45) is 3.26. The second-order valence-electron chi connectivity index (χ2n) is 7.49. The molecule has 0 aliphatic carbocycles. The molecule has 0 unspecified atom stereocenters. The Labute approximate surface area is 162 Å². The van der Waals surface area contributed by atoms with Gasteiger partial charge >= 0.3 is 0 Å². The van der Waals surface area contributed by atoms with Crippen LogP contribution in [0.2, 0.25) is 0 Å². The largest absolute Gasteiger partial charge is 0.381 e. The van der Waals surface area contributed by atoms with E-state index >= 15 is 0 Å². The van der Waals surface area contributed by atoms with Gasteiger partial charge in [0.25, 0.3) is 0 Å². The van der Waals surface area contributed by atoms with Gasteiger partial charge in [0, 0.05) is 44.9 Å². The van der Waals surface area contributed by atoms with E-state index in [2.05, 4.69) is 36.5 Å². The molecule has 1 aromatic rings. The number of nitrogens with one attached hydrogen (secondary N) is 1. The standard InChI is InChI=1S/C20H30N2O3.ClH/c1-16-4-2-3-5-17(16)20(8-12-25-13-9-20)15-22-18(23)19(14-21)6-10-24-11-7-19;/h2-5H,6-15,21H2,1H3,(H,22,23);1H. The highest BCUT2D eigenvalue weighted by Gasteiger charge is 2.41. The first kappa shape index (κ1) is 21.2. The van der Waals surface area contributed by atoms with E-state index in [4.69, 9.17) is 15.2 Å². The number of hydrogen-bond acceptors (Lipinski definition) is 4. The zero-order valence-corrected chi connectivity index (χ0v) is 16.4. The molecule has 2 fully saturated rings. The molecule has 0 radical (unpaired) electrons. The lowest BCUT2D eigenvalue weighted by Gasteiger charge is -2.41. The van der Waals surface area contributed by atoms with Crippen LogP contribution < -0.4 is 11.1 Å². The summed E-state index contributed by atoms with van der Waals surface area (Å²) in [7, 11) is 0. The fourth-order valence-corrected chi connectivity index (χ4v) is 4.19. The Kier molecular flexibility index (Phi) is 7.47. The van der Waals surface area contributed by atoms with Gasteiger partial charge in [-0.05, 0) is 43.7 Å². The van der Waals surface area contributed by atoms with Crippen LogP contribution in [0.1, 0.15) is 36.8 Å². The molecule has 5 nitrogen and oxygen atoms in total. The highest BCUT2D eigenvalue weighted by Crippen LogP contribution is 2.37. The summed E-state index contributed by atoms with van der Waals surface area (Å²) in [6.45, 7) is 5.86. The van der Waals surface area contributed by atoms with E-state index in [1.165, 1.54) is 11.1 Å². The molecule has 3 rings (SSSR count). The number of ether oxygens (including phenoxy) is 2. The summed E-state index contributed by atoms with van der Waals surface area (Å²) in [4.78, 5) is 13.0. The Morgan fingerprint density at radius 3 is 2.23 bits per heavy atom. The third-order valence-corrected chi connectivity index (χ3v) is 6.08. The molecule has 146 valence electrons. The van der Waals surface area contributed by atoms with E-state index in [1.807, 2.05) is 0 Å². The van der Waals surface area contributed by atoms with Gasteiger partial charge in [0.1, 0.15) is 0 Å². The van der Waals surface area contributed by atoms with E-state index in [-0.39, 0.29) is 23.7 Å². The van der Waals surface area contributed by atoms with Crippen LogP contribution in [0.5, 0.6) is 0 Å². The lowest BCUT2D eigenvalue weighted by molar-refractivity contribution is -0.136. The number of halogens is 1. The molecule has 0 bridgehead atoms. The summed E-state index contributed by atoms with van der Waals surface area (Å²) in [5.41, 5.74) is 8.05. The van der Waals surface area contributed by atoms with E-state index < -0.39 is 5.41 Å². The lowest BCUT2D eigenvalue weighted by Crippen LogP contribution is -2.53. The monoisotopic (exact) mass is 382 g/mol. The number of benzene rings is 1. The molecule has 3 N–H and O–H groups in total. The highest BCUT2D eigenvalue weighted by molar-refractivity contribution is 5.85. The number of amides is 1. The van der Waals surface area contributed by atoms with Crippen molar-refractivity contribution < 1.29 is 14.3 Å². The van der Waals surface area contributed by atoms with Gasteiger partial charge in [-0.15, -0.1) is 12.4 Å². The molecule has 0 aromatic heterocycles. The fraction of sp³-hybridized carbons (Fsp3) is 0.650. The van der Waals surface area contributed by atoms with E-state index in [9.17, 15) is 4.79 Å². The number of carbonyl (C=O) groups excluding carboxylic acids is 1. The van der Waals surface area contributed by atoms with Gasteiger partial charge in [-0.25, -0.2) is 0 Å². The molecule has 0 spiro atoms. The van der Waals surface area contributed by atoms with Crippen molar-refractivity contribution in [3.8, 4) is 0 Å². The zero-order valence-electron chi connectivity index (χ0n) is 15.6. The van der Waals surface area contributed by atoms with Crippen molar-refractivity contribution in [1.82, 2.24) is 5.32 Å². The molecule has 0 atom stereocenters. The molecule has 1 amide bonds. The molecule has 1 aromatic carbocycles. The predicted molar refractivity (Wildman–Crippen MR) is 105 cm³/mol. The molecule has 2 saturated heterocycles. The summed E-state index contributed by atoms with van der Waals surface area (Å²) < 4.78 is 11.0. The maximum absolute atomic E-state index is 13.0. The van der Waals surface area contributed by atoms with Crippen molar-refractivity contribution in [2.75, 3.05) is 39.5 Å². The third kappa shape index (κ3) is 4.22. The van der Waals surface area contributed by atoms with E-state index in [0.717, 1.165) is 26.1 Å². The van der Waals surface area contributed by atoms with Gasteiger partial charge in [0.2, 0.25) is 5.91 Å². The first-order chi connectivity index (χ1) is 12.1. The van der Waals surface area contributed by atoms with Crippen LogP contribution in [0.3, 0.4) is 0 Å².